The van der Waals surface area contributed by atoms with E-state index >= 15 is 0 Å². The lowest BCUT2D eigenvalue weighted by Gasteiger charge is -2.35. The van der Waals surface area contributed by atoms with Crippen LogP contribution in [-0.4, -0.2) is 50.9 Å². The molecule has 1 N–H and O–H groups in total. The molecule has 50 heavy (non-hydrogen) atoms. The second kappa shape index (κ2) is 17.0. The van der Waals surface area contributed by atoms with E-state index in [1.807, 2.05) is 37.3 Å². The number of benzene rings is 4. The molecular weight excluding hydrogens is 717 g/mol. The first kappa shape index (κ1) is 37.5. The summed E-state index contributed by atoms with van der Waals surface area (Å²) in [4.78, 5) is 30.5. The zero-order chi connectivity index (χ0) is 35.8. The van der Waals surface area contributed by atoms with Gasteiger partial charge in [-0.1, -0.05) is 108 Å². The molecule has 0 heterocycles. The average molecular weight is 757 g/mol. The highest BCUT2D eigenvalue weighted by atomic mass is 35.5. The Balaban J connectivity index is 1.59. The minimum absolute atomic E-state index is 0.00486. The third-order valence-corrected chi connectivity index (χ3v) is 11.7. The molecule has 0 saturated heterocycles. The number of nitrogens with one attached hydrogen (secondary N) is 1. The number of carbonyl (C=O) groups excluding carboxylic acids is 2. The number of methoxy groups -OCH3 is 1. The van der Waals surface area contributed by atoms with E-state index in [2.05, 4.69) is 5.32 Å². The number of carbonyl (C=O) groups is 2. The fourth-order valence-electron chi connectivity index (χ4n) is 6.11. The number of sulfonamides is 1. The van der Waals surface area contributed by atoms with Crippen molar-refractivity contribution in [3.8, 4) is 5.75 Å². The van der Waals surface area contributed by atoms with Crippen LogP contribution in [0.5, 0.6) is 5.75 Å². The first-order valence-corrected chi connectivity index (χ1v) is 19.0. The van der Waals surface area contributed by atoms with Gasteiger partial charge in [0.1, 0.15) is 18.3 Å². The van der Waals surface area contributed by atoms with Crippen molar-refractivity contribution in [1.82, 2.24) is 10.2 Å². The second-order valence-electron chi connectivity index (χ2n) is 12.5. The van der Waals surface area contributed by atoms with E-state index in [1.165, 1.54) is 36.3 Å². The van der Waals surface area contributed by atoms with Gasteiger partial charge >= 0.3 is 0 Å². The molecule has 0 aliphatic heterocycles. The van der Waals surface area contributed by atoms with Crippen molar-refractivity contribution in [2.75, 3.05) is 18.0 Å². The van der Waals surface area contributed by atoms with E-state index in [1.54, 1.807) is 36.4 Å². The van der Waals surface area contributed by atoms with Gasteiger partial charge in [-0.2, -0.15) is 0 Å². The highest BCUT2D eigenvalue weighted by Crippen LogP contribution is 2.33. The lowest BCUT2D eigenvalue weighted by atomic mass is 9.94. The van der Waals surface area contributed by atoms with Crippen LogP contribution < -0.4 is 14.4 Å². The van der Waals surface area contributed by atoms with Crippen molar-refractivity contribution in [3.63, 3.8) is 0 Å². The summed E-state index contributed by atoms with van der Waals surface area (Å²) in [5.41, 5.74) is 2.50. The summed E-state index contributed by atoms with van der Waals surface area (Å²) in [6, 6.07) is 24.3. The second-order valence-corrected chi connectivity index (χ2v) is 15.5. The largest absolute Gasteiger partial charge is 0.495 e. The highest BCUT2D eigenvalue weighted by Gasteiger charge is 2.35. The molecule has 264 valence electrons. The topological polar surface area (TPSA) is 96.0 Å². The summed E-state index contributed by atoms with van der Waals surface area (Å²) in [6.07, 6.45) is 5.04. The molecule has 0 radical (unpaired) electrons. The molecule has 1 aliphatic carbocycles. The SMILES string of the molecule is COc1ccc(N(CC(=O)N(Cc2ccc(Cl)c(Cl)c2)C(Cc2ccccc2)C(=O)NC2CCCCC2)S(=O)(=O)c2ccc(C)cc2)cc1Cl. The number of ether oxygens (including phenoxy) is 1. The fourth-order valence-corrected chi connectivity index (χ4v) is 8.09. The van der Waals surface area contributed by atoms with Crippen molar-refractivity contribution in [2.45, 2.75) is 69.0 Å². The van der Waals surface area contributed by atoms with Crippen LogP contribution in [-0.2, 0) is 32.6 Å². The van der Waals surface area contributed by atoms with Gasteiger partial charge in [-0.25, -0.2) is 8.42 Å². The number of nitrogens with zero attached hydrogens (tertiary/aromatic N) is 2. The van der Waals surface area contributed by atoms with Crippen LogP contribution in [0.2, 0.25) is 15.1 Å². The van der Waals surface area contributed by atoms with E-state index in [9.17, 15) is 18.0 Å². The van der Waals surface area contributed by atoms with Crippen molar-refractivity contribution >= 4 is 62.3 Å². The molecule has 2 amide bonds. The van der Waals surface area contributed by atoms with E-state index in [-0.39, 0.29) is 40.5 Å². The molecule has 1 saturated carbocycles. The molecule has 0 bridgehead atoms. The van der Waals surface area contributed by atoms with Crippen molar-refractivity contribution in [2.24, 2.45) is 0 Å². The van der Waals surface area contributed by atoms with Gasteiger partial charge < -0.3 is 15.0 Å². The molecule has 5 rings (SSSR count). The number of halogens is 3. The Morgan fingerprint density at radius 3 is 2.18 bits per heavy atom. The molecule has 0 spiro atoms. The minimum Gasteiger partial charge on any atom is -0.495 e. The van der Waals surface area contributed by atoms with Gasteiger partial charge in [-0.05, 0) is 73.4 Å². The van der Waals surface area contributed by atoms with E-state index in [4.69, 9.17) is 39.5 Å². The Bertz CT molecular complexity index is 1900. The summed E-state index contributed by atoms with van der Waals surface area (Å²) < 4.78 is 35.0. The standard InChI is InChI=1S/C38H40Cl3N3O5S/c1-26-13-17-31(18-14-26)50(47,48)44(30-16-20-36(49-2)34(41)23-30)25-37(45)43(24-28-15-19-32(39)33(40)21-28)35(22-27-9-5-3-6-10-27)38(46)42-29-11-7-4-8-12-29/h3,5-6,9-10,13-21,23,29,35H,4,7-8,11-12,22,24-25H2,1-2H3,(H,42,46). The monoisotopic (exact) mass is 755 g/mol. The van der Waals surface area contributed by atoms with Crippen molar-refractivity contribution in [1.29, 1.82) is 0 Å². The number of aryl methyl sites for hydroxylation is 1. The molecule has 1 unspecified atom stereocenters. The first-order valence-electron chi connectivity index (χ1n) is 16.5. The predicted octanol–water partition coefficient (Wildman–Crippen LogP) is 8.25. The molecule has 0 aromatic heterocycles. The van der Waals surface area contributed by atoms with Crippen LogP contribution in [0.15, 0.2) is 95.9 Å². The number of amides is 2. The Morgan fingerprint density at radius 2 is 1.54 bits per heavy atom. The number of hydrogen-bond acceptors (Lipinski definition) is 5. The summed E-state index contributed by atoms with van der Waals surface area (Å²) in [6.45, 7) is 1.20. The Kier molecular flexibility index (Phi) is 12.7. The molecule has 1 aliphatic rings. The predicted molar refractivity (Wildman–Crippen MR) is 200 cm³/mol. The van der Waals surface area contributed by atoms with Crippen LogP contribution in [0.4, 0.5) is 5.69 Å². The molecule has 1 fully saturated rings. The highest BCUT2D eigenvalue weighted by molar-refractivity contribution is 7.92. The molecular formula is C38H40Cl3N3O5S. The molecule has 12 heteroatoms. The van der Waals surface area contributed by atoms with Gasteiger partial charge in [-0.15, -0.1) is 0 Å². The maximum atomic E-state index is 14.8. The maximum absolute atomic E-state index is 14.8. The van der Waals surface area contributed by atoms with E-state index in [0.717, 1.165) is 47.5 Å². The zero-order valence-electron chi connectivity index (χ0n) is 27.9. The summed E-state index contributed by atoms with van der Waals surface area (Å²) in [5, 5.41) is 4.01. The Morgan fingerprint density at radius 1 is 0.840 bits per heavy atom. The number of anilines is 1. The lowest BCUT2D eigenvalue weighted by molar-refractivity contribution is -0.140. The first-order chi connectivity index (χ1) is 24.0. The Hall–Kier alpha value is -3.76. The van der Waals surface area contributed by atoms with Gasteiger partial charge in [0, 0.05) is 19.0 Å². The van der Waals surface area contributed by atoms with E-state index in [0.29, 0.717) is 21.4 Å². The third kappa shape index (κ3) is 9.31. The minimum atomic E-state index is -4.30. The van der Waals surface area contributed by atoms with Gasteiger partial charge in [0.05, 0.1) is 32.8 Å². The number of rotatable bonds is 13. The fraction of sp³-hybridized carbons (Fsp3) is 0.316. The molecule has 4 aromatic rings. The maximum Gasteiger partial charge on any atom is 0.264 e. The van der Waals surface area contributed by atoms with Gasteiger partial charge in [-0.3, -0.25) is 13.9 Å². The van der Waals surface area contributed by atoms with Crippen LogP contribution in [0.25, 0.3) is 0 Å². The van der Waals surface area contributed by atoms with Gasteiger partial charge in [0.2, 0.25) is 11.8 Å². The average Bonchev–Trinajstić information content (AvgIpc) is 3.11. The van der Waals surface area contributed by atoms with Crippen molar-refractivity contribution in [3.05, 3.63) is 123 Å². The van der Waals surface area contributed by atoms with Gasteiger partial charge in [0.15, 0.2) is 0 Å². The smallest absolute Gasteiger partial charge is 0.264 e. The van der Waals surface area contributed by atoms with Crippen molar-refractivity contribution < 1.29 is 22.7 Å². The molecule has 4 aromatic carbocycles. The van der Waals surface area contributed by atoms with Crippen LogP contribution in [0, 0.1) is 6.92 Å². The normalized spacial score (nSPS) is 14.1. The third-order valence-electron chi connectivity index (χ3n) is 8.87. The molecule has 1 atom stereocenters. The summed E-state index contributed by atoms with van der Waals surface area (Å²) >= 11 is 19.1. The van der Waals surface area contributed by atoms with E-state index < -0.39 is 28.5 Å². The lowest BCUT2D eigenvalue weighted by Crippen LogP contribution is -2.55. The summed E-state index contributed by atoms with van der Waals surface area (Å²) in [7, 11) is -2.85. The van der Waals surface area contributed by atoms with Crippen LogP contribution in [0.1, 0.15) is 48.8 Å². The molecule has 8 nitrogen and oxygen atoms in total. The quantitative estimate of drug-likeness (QED) is 0.148. The van der Waals surface area contributed by atoms with Crippen LogP contribution in [0.3, 0.4) is 0 Å². The summed E-state index contributed by atoms with van der Waals surface area (Å²) in [5.74, 6) is -0.564. The number of hydrogen-bond donors (Lipinski definition) is 1. The van der Waals surface area contributed by atoms with Gasteiger partial charge in [0.25, 0.3) is 10.0 Å². The Labute approximate surface area is 309 Å². The zero-order valence-corrected chi connectivity index (χ0v) is 31.0. The van der Waals surface area contributed by atoms with Crippen LogP contribution >= 0.6 is 34.8 Å².